The number of carbonyl (C=O) groups excluding carboxylic acids is 1. The molecule has 1 heterocycles. The van der Waals surface area contributed by atoms with Crippen molar-refractivity contribution in [2.45, 2.75) is 26.2 Å². The van der Waals surface area contributed by atoms with Crippen LogP contribution in [0.25, 0.3) is 0 Å². The Morgan fingerprint density at radius 2 is 1.62 bits per heavy atom. The van der Waals surface area contributed by atoms with Crippen LogP contribution in [-0.4, -0.2) is 29.8 Å². The van der Waals surface area contributed by atoms with Gasteiger partial charge >= 0.3 is 0 Å². The first-order chi connectivity index (χ1) is 11.1. The lowest BCUT2D eigenvalue weighted by atomic mass is 10.1. The maximum absolute atomic E-state index is 12.5. The lowest BCUT2D eigenvalue weighted by Crippen LogP contribution is -2.17. The summed E-state index contributed by atoms with van der Waals surface area (Å²) in [6, 6.07) is 8.52. The molecule has 10 heteroatoms. The molecular weight excluding hydrogens is 372 g/mol. The van der Waals surface area contributed by atoms with E-state index < -0.39 is 19.9 Å². The van der Waals surface area contributed by atoms with E-state index in [1.165, 1.54) is 24.3 Å². The van der Waals surface area contributed by atoms with Crippen molar-refractivity contribution < 1.29 is 21.6 Å². The van der Waals surface area contributed by atoms with E-state index in [1.807, 2.05) is 0 Å². The summed E-state index contributed by atoms with van der Waals surface area (Å²) in [5, 5.41) is 7.51. The van der Waals surface area contributed by atoms with Crippen molar-refractivity contribution in [1.82, 2.24) is 5.32 Å². The van der Waals surface area contributed by atoms with Gasteiger partial charge in [-0.05, 0) is 36.2 Å². The minimum Gasteiger partial charge on any atom is -0.359 e. The molecule has 2 aromatic rings. The molecule has 0 aliphatic rings. The Balaban J connectivity index is 2.24. The number of thiophene rings is 1. The van der Waals surface area contributed by atoms with Crippen LogP contribution < -0.4 is 10.5 Å². The molecule has 0 bridgehead atoms. The van der Waals surface area contributed by atoms with Gasteiger partial charge in [0.2, 0.25) is 25.8 Å². The average Bonchev–Trinajstić information content (AvgIpc) is 3.04. The number of nitrogens with two attached hydrogens (primary N) is 1. The van der Waals surface area contributed by atoms with Gasteiger partial charge in [0.25, 0.3) is 0 Å². The fourth-order valence-electron chi connectivity index (χ4n) is 1.93. The monoisotopic (exact) mass is 388 g/mol. The van der Waals surface area contributed by atoms with Crippen molar-refractivity contribution in [3.8, 4) is 0 Å². The Hall–Kier alpha value is -1.75. The minimum atomic E-state index is -3.93. The minimum absolute atomic E-state index is 0.0500. The lowest BCUT2D eigenvalue weighted by molar-refractivity contribution is -0.120. The molecule has 0 atom stereocenters. The number of primary sulfonamides is 1. The van der Waals surface area contributed by atoms with Crippen LogP contribution in [0, 0.1) is 0 Å². The fourth-order valence-corrected chi connectivity index (χ4v) is 5.53. The fraction of sp³-hybridized carbons (Fsp3) is 0.214. The second kappa shape index (κ2) is 7.01. The zero-order valence-corrected chi connectivity index (χ0v) is 15.2. The van der Waals surface area contributed by atoms with Crippen LogP contribution >= 0.6 is 11.3 Å². The Kier molecular flexibility index (Phi) is 5.43. The number of benzene rings is 1. The number of sulfone groups is 1. The van der Waals surface area contributed by atoms with E-state index >= 15 is 0 Å². The summed E-state index contributed by atoms with van der Waals surface area (Å²) in [5.74, 6) is -0.0965. The topological polar surface area (TPSA) is 123 Å². The van der Waals surface area contributed by atoms with E-state index in [-0.39, 0.29) is 19.2 Å². The van der Waals surface area contributed by atoms with Gasteiger partial charge < -0.3 is 5.32 Å². The molecule has 3 N–H and O–H groups in total. The molecule has 1 aromatic carbocycles. The SMILES string of the molecule is CNC(=O)CCc1ccc(S(=O)(=O)c2ccc(S(N)(=O)=O)s2)cc1. The quantitative estimate of drug-likeness (QED) is 0.761. The largest absolute Gasteiger partial charge is 0.359 e. The van der Waals surface area contributed by atoms with Crippen molar-refractivity contribution in [1.29, 1.82) is 0 Å². The van der Waals surface area contributed by atoms with Gasteiger partial charge in [0.05, 0.1) is 4.90 Å². The molecule has 0 aliphatic heterocycles. The maximum Gasteiger partial charge on any atom is 0.247 e. The Morgan fingerprint density at radius 1 is 1.04 bits per heavy atom. The number of amides is 1. The van der Waals surface area contributed by atoms with E-state index in [9.17, 15) is 21.6 Å². The Morgan fingerprint density at radius 3 is 2.12 bits per heavy atom. The molecule has 24 heavy (non-hydrogen) atoms. The highest BCUT2D eigenvalue weighted by Gasteiger charge is 2.22. The van der Waals surface area contributed by atoms with Gasteiger partial charge in [-0.1, -0.05) is 12.1 Å². The van der Waals surface area contributed by atoms with Crippen LogP contribution in [0.15, 0.2) is 49.7 Å². The third-order valence-corrected chi connectivity index (χ3v) is 8.04. The molecule has 0 aliphatic carbocycles. The van der Waals surface area contributed by atoms with Crippen LogP contribution in [-0.2, 0) is 31.1 Å². The summed E-state index contributed by atoms with van der Waals surface area (Å²) in [6.07, 6.45) is 0.805. The van der Waals surface area contributed by atoms with Crippen LogP contribution in [0.3, 0.4) is 0 Å². The van der Waals surface area contributed by atoms with Gasteiger partial charge in [0.1, 0.15) is 8.42 Å². The van der Waals surface area contributed by atoms with Gasteiger partial charge in [0.15, 0.2) is 0 Å². The highest BCUT2D eigenvalue weighted by atomic mass is 32.3. The van der Waals surface area contributed by atoms with Gasteiger partial charge in [0, 0.05) is 13.5 Å². The smallest absolute Gasteiger partial charge is 0.247 e. The lowest BCUT2D eigenvalue weighted by Gasteiger charge is -2.04. The van der Waals surface area contributed by atoms with E-state index in [2.05, 4.69) is 5.32 Å². The number of rotatable bonds is 6. The summed E-state index contributed by atoms with van der Waals surface area (Å²) < 4.78 is 47.3. The van der Waals surface area contributed by atoms with E-state index in [4.69, 9.17) is 5.14 Å². The summed E-state index contributed by atoms with van der Waals surface area (Å²) in [4.78, 5) is 11.3. The van der Waals surface area contributed by atoms with E-state index in [0.29, 0.717) is 24.2 Å². The summed E-state index contributed by atoms with van der Waals surface area (Å²) in [6.45, 7) is 0. The number of nitrogens with one attached hydrogen (secondary N) is 1. The van der Waals surface area contributed by atoms with Crippen LogP contribution in [0.5, 0.6) is 0 Å². The van der Waals surface area contributed by atoms with Crippen molar-refractivity contribution in [3.05, 3.63) is 42.0 Å². The van der Waals surface area contributed by atoms with Crippen molar-refractivity contribution >= 4 is 37.1 Å². The second-order valence-electron chi connectivity index (χ2n) is 4.94. The zero-order chi connectivity index (χ0) is 18.0. The first-order valence-corrected chi connectivity index (χ1v) is 10.7. The molecule has 1 aromatic heterocycles. The van der Waals surface area contributed by atoms with Gasteiger partial charge in [-0.15, -0.1) is 11.3 Å². The molecule has 1 amide bonds. The summed E-state index contributed by atoms with van der Waals surface area (Å²) >= 11 is 0.609. The summed E-state index contributed by atoms with van der Waals surface area (Å²) in [5.41, 5.74) is 0.828. The van der Waals surface area contributed by atoms with Crippen molar-refractivity contribution in [2.75, 3.05) is 7.05 Å². The number of hydrogen-bond acceptors (Lipinski definition) is 6. The third-order valence-electron chi connectivity index (χ3n) is 3.26. The highest BCUT2D eigenvalue weighted by molar-refractivity contribution is 7.95. The normalized spacial score (nSPS) is 12.1. The number of hydrogen-bond donors (Lipinski definition) is 2. The van der Waals surface area contributed by atoms with Crippen LogP contribution in [0.4, 0.5) is 0 Å². The molecule has 2 rings (SSSR count). The van der Waals surface area contributed by atoms with Crippen molar-refractivity contribution in [2.24, 2.45) is 5.14 Å². The molecular formula is C14H16N2O5S3. The molecule has 0 unspecified atom stereocenters. The third kappa shape index (κ3) is 4.20. The van der Waals surface area contributed by atoms with Gasteiger partial charge in [-0.25, -0.2) is 22.0 Å². The maximum atomic E-state index is 12.5. The predicted octanol–water partition coefficient (Wildman–Crippen LogP) is 0.907. The van der Waals surface area contributed by atoms with E-state index in [0.717, 1.165) is 5.56 Å². The molecule has 0 spiro atoms. The first-order valence-electron chi connectivity index (χ1n) is 6.82. The zero-order valence-electron chi connectivity index (χ0n) is 12.7. The highest BCUT2D eigenvalue weighted by Crippen LogP contribution is 2.29. The number of carbonyl (C=O) groups is 1. The number of aryl methyl sites for hydroxylation is 1. The molecule has 0 radical (unpaired) electrons. The van der Waals surface area contributed by atoms with Crippen LogP contribution in [0.1, 0.15) is 12.0 Å². The average molecular weight is 388 g/mol. The molecule has 130 valence electrons. The first kappa shape index (κ1) is 18.6. The predicted molar refractivity (Wildman–Crippen MR) is 90.0 cm³/mol. The Bertz CT molecular complexity index is 945. The molecule has 7 nitrogen and oxygen atoms in total. The van der Waals surface area contributed by atoms with E-state index in [1.54, 1.807) is 19.2 Å². The number of sulfonamides is 1. The van der Waals surface area contributed by atoms with Gasteiger partial charge in [-0.2, -0.15) is 0 Å². The summed E-state index contributed by atoms with van der Waals surface area (Å²) in [7, 11) is -6.19. The molecule has 0 saturated carbocycles. The second-order valence-corrected chi connectivity index (χ2v) is 9.99. The molecule has 0 fully saturated rings. The van der Waals surface area contributed by atoms with Crippen LogP contribution in [0.2, 0.25) is 0 Å². The van der Waals surface area contributed by atoms with Crippen molar-refractivity contribution in [3.63, 3.8) is 0 Å². The molecule has 0 saturated heterocycles. The Labute approximate surface area is 144 Å². The standard InChI is InChI=1S/C14H16N2O5S3/c1-16-12(17)7-4-10-2-5-11(6-3-10)23(18,19)13-8-9-14(22-13)24(15,20)21/h2-3,5-6,8-9H,4,7H2,1H3,(H,16,17)(H2,15,20,21). The van der Waals surface area contributed by atoms with Gasteiger partial charge in [-0.3, -0.25) is 4.79 Å².